The van der Waals surface area contributed by atoms with Gasteiger partial charge in [0.1, 0.15) is 17.9 Å². The lowest BCUT2D eigenvalue weighted by molar-refractivity contribution is -0.153. The second-order valence-corrected chi connectivity index (χ2v) is 6.63. The number of esters is 2. The molecule has 2 aliphatic rings. The van der Waals surface area contributed by atoms with E-state index in [1.54, 1.807) is 49.4 Å². The van der Waals surface area contributed by atoms with Gasteiger partial charge in [-0.3, -0.25) is 9.59 Å². The van der Waals surface area contributed by atoms with Crippen LogP contribution in [0.3, 0.4) is 0 Å². The SMILES string of the molecule is CCOC(=O)[C@H]1[C@H]([C@H](O)c2ccc3c(c2)OCO3)C(=O)O[C@H]1c1ccccc1. The Kier molecular flexibility index (Phi) is 4.92. The first-order valence-corrected chi connectivity index (χ1v) is 9.10. The second-order valence-electron chi connectivity index (χ2n) is 6.63. The molecule has 4 rings (SSSR count). The molecular weight excluding hydrogens is 364 g/mol. The molecule has 2 aromatic rings. The monoisotopic (exact) mass is 384 g/mol. The van der Waals surface area contributed by atoms with Gasteiger partial charge in [-0.05, 0) is 30.2 Å². The zero-order chi connectivity index (χ0) is 19.7. The van der Waals surface area contributed by atoms with Crippen molar-refractivity contribution in [3.05, 3.63) is 59.7 Å². The molecule has 1 N–H and O–H groups in total. The van der Waals surface area contributed by atoms with Crippen molar-refractivity contribution in [2.45, 2.75) is 19.1 Å². The summed E-state index contributed by atoms with van der Waals surface area (Å²) in [5, 5.41) is 11.0. The van der Waals surface area contributed by atoms with E-state index in [0.717, 1.165) is 0 Å². The third-order valence-corrected chi connectivity index (χ3v) is 4.99. The molecule has 2 aliphatic heterocycles. The molecule has 0 bridgehead atoms. The molecule has 0 unspecified atom stereocenters. The summed E-state index contributed by atoms with van der Waals surface area (Å²) >= 11 is 0. The van der Waals surface area contributed by atoms with E-state index in [-0.39, 0.29) is 13.4 Å². The van der Waals surface area contributed by atoms with Crippen LogP contribution < -0.4 is 9.47 Å². The second kappa shape index (κ2) is 7.52. The highest BCUT2D eigenvalue weighted by Crippen LogP contribution is 2.46. The van der Waals surface area contributed by atoms with E-state index >= 15 is 0 Å². The quantitative estimate of drug-likeness (QED) is 0.792. The van der Waals surface area contributed by atoms with Crippen LogP contribution in [0.15, 0.2) is 48.5 Å². The molecular formula is C21H20O7. The van der Waals surface area contributed by atoms with Crippen LogP contribution in [0.2, 0.25) is 0 Å². The van der Waals surface area contributed by atoms with Crippen LogP contribution in [0.1, 0.15) is 30.3 Å². The first kappa shape index (κ1) is 18.3. The lowest BCUT2D eigenvalue weighted by atomic mass is 9.81. The van der Waals surface area contributed by atoms with Crippen LogP contribution in [0.4, 0.5) is 0 Å². The van der Waals surface area contributed by atoms with Gasteiger partial charge < -0.3 is 24.1 Å². The fraction of sp³-hybridized carbons (Fsp3) is 0.333. The Morgan fingerprint density at radius 3 is 2.68 bits per heavy atom. The standard InChI is InChI=1S/C21H20O7/c1-2-25-20(23)17-16(21(24)28-19(17)12-6-4-3-5-7-12)18(22)13-8-9-14-15(10-13)27-11-26-14/h3-10,16-19,22H,2,11H2,1H3/t16-,17+,18-,19+/m1/s1. The van der Waals surface area contributed by atoms with Gasteiger partial charge in [-0.15, -0.1) is 0 Å². The normalized spacial score (nSPS) is 23.9. The van der Waals surface area contributed by atoms with Crippen molar-refractivity contribution in [3.8, 4) is 11.5 Å². The first-order valence-electron chi connectivity index (χ1n) is 9.10. The average Bonchev–Trinajstić information content (AvgIpc) is 3.31. The van der Waals surface area contributed by atoms with Crippen molar-refractivity contribution in [2.75, 3.05) is 13.4 Å². The smallest absolute Gasteiger partial charge is 0.314 e. The van der Waals surface area contributed by atoms with Crippen molar-refractivity contribution in [1.29, 1.82) is 0 Å². The summed E-state index contributed by atoms with van der Waals surface area (Å²) in [6, 6.07) is 13.9. The Morgan fingerprint density at radius 2 is 1.93 bits per heavy atom. The topological polar surface area (TPSA) is 91.3 Å². The summed E-state index contributed by atoms with van der Waals surface area (Å²) in [6.45, 7) is 1.95. The average molecular weight is 384 g/mol. The molecule has 0 amide bonds. The van der Waals surface area contributed by atoms with Gasteiger partial charge in [0.2, 0.25) is 6.79 Å². The van der Waals surface area contributed by atoms with Crippen LogP contribution >= 0.6 is 0 Å². The molecule has 1 saturated heterocycles. The summed E-state index contributed by atoms with van der Waals surface area (Å²) in [5.74, 6) is -2.23. The zero-order valence-electron chi connectivity index (χ0n) is 15.2. The summed E-state index contributed by atoms with van der Waals surface area (Å²) < 4.78 is 21.3. The fourth-order valence-electron chi connectivity index (χ4n) is 3.67. The Hall–Kier alpha value is -3.06. The van der Waals surface area contributed by atoms with Crippen LogP contribution in [-0.4, -0.2) is 30.4 Å². The first-order chi connectivity index (χ1) is 13.6. The Bertz CT molecular complexity index is 880. The highest BCUT2D eigenvalue weighted by Gasteiger charge is 2.53. The number of hydrogen-bond donors (Lipinski definition) is 1. The van der Waals surface area contributed by atoms with E-state index in [1.807, 2.05) is 6.07 Å². The maximum Gasteiger partial charge on any atom is 0.314 e. The Balaban J connectivity index is 1.69. The molecule has 4 atom stereocenters. The van der Waals surface area contributed by atoms with Crippen molar-refractivity contribution < 1.29 is 33.6 Å². The maximum absolute atomic E-state index is 12.7. The van der Waals surface area contributed by atoms with Crippen LogP contribution in [0.25, 0.3) is 0 Å². The largest absolute Gasteiger partial charge is 0.466 e. The lowest BCUT2D eigenvalue weighted by Gasteiger charge is -2.23. The van der Waals surface area contributed by atoms with Crippen molar-refractivity contribution in [2.24, 2.45) is 11.8 Å². The number of carbonyl (C=O) groups is 2. The van der Waals surface area contributed by atoms with Gasteiger partial charge in [-0.2, -0.15) is 0 Å². The van der Waals surface area contributed by atoms with Crippen molar-refractivity contribution in [3.63, 3.8) is 0 Å². The predicted octanol–water partition coefficient (Wildman–Crippen LogP) is 2.54. The van der Waals surface area contributed by atoms with Gasteiger partial charge in [0.15, 0.2) is 11.5 Å². The van der Waals surface area contributed by atoms with Crippen LogP contribution in [0, 0.1) is 11.8 Å². The van der Waals surface area contributed by atoms with E-state index in [2.05, 4.69) is 0 Å². The van der Waals surface area contributed by atoms with Gasteiger partial charge in [0.05, 0.1) is 12.7 Å². The molecule has 0 saturated carbocycles. The van der Waals surface area contributed by atoms with E-state index in [1.165, 1.54) is 0 Å². The molecule has 2 aromatic carbocycles. The minimum Gasteiger partial charge on any atom is -0.466 e. The third kappa shape index (κ3) is 3.18. The highest BCUT2D eigenvalue weighted by molar-refractivity contribution is 5.86. The Labute approximate surface area is 161 Å². The summed E-state index contributed by atoms with van der Waals surface area (Å²) in [7, 11) is 0. The third-order valence-electron chi connectivity index (χ3n) is 4.99. The summed E-state index contributed by atoms with van der Waals surface area (Å²) in [6.07, 6.45) is -2.08. The van der Waals surface area contributed by atoms with E-state index in [9.17, 15) is 14.7 Å². The van der Waals surface area contributed by atoms with Gasteiger partial charge in [0.25, 0.3) is 0 Å². The minimum absolute atomic E-state index is 0.0991. The number of aliphatic hydroxyl groups excluding tert-OH is 1. The Morgan fingerprint density at radius 1 is 1.18 bits per heavy atom. The predicted molar refractivity (Wildman–Crippen MR) is 96.4 cm³/mol. The highest BCUT2D eigenvalue weighted by atomic mass is 16.7. The fourth-order valence-corrected chi connectivity index (χ4v) is 3.67. The van der Waals surface area contributed by atoms with E-state index in [4.69, 9.17) is 18.9 Å². The van der Waals surface area contributed by atoms with Gasteiger partial charge in [0, 0.05) is 0 Å². The van der Waals surface area contributed by atoms with Crippen molar-refractivity contribution >= 4 is 11.9 Å². The molecule has 0 spiro atoms. The number of carbonyl (C=O) groups excluding carboxylic acids is 2. The molecule has 0 aromatic heterocycles. The summed E-state index contributed by atoms with van der Waals surface area (Å²) in [4.78, 5) is 25.4. The van der Waals surface area contributed by atoms with Crippen molar-refractivity contribution in [1.82, 2.24) is 0 Å². The van der Waals surface area contributed by atoms with E-state index < -0.39 is 36.0 Å². The number of rotatable bonds is 5. The van der Waals surface area contributed by atoms with Gasteiger partial charge >= 0.3 is 11.9 Å². The zero-order valence-corrected chi connectivity index (χ0v) is 15.2. The maximum atomic E-state index is 12.7. The van der Waals surface area contributed by atoms with Crippen LogP contribution in [-0.2, 0) is 19.1 Å². The number of hydrogen-bond acceptors (Lipinski definition) is 7. The molecule has 0 radical (unpaired) electrons. The number of benzene rings is 2. The number of fused-ring (bicyclic) bond motifs is 1. The van der Waals surface area contributed by atoms with Gasteiger partial charge in [-0.25, -0.2) is 0 Å². The molecule has 7 heteroatoms. The molecule has 7 nitrogen and oxygen atoms in total. The molecule has 28 heavy (non-hydrogen) atoms. The minimum atomic E-state index is -1.26. The number of cyclic esters (lactones) is 1. The van der Waals surface area contributed by atoms with E-state index in [0.29, 0.717) is 22.6 Å². The van der Waals surface area contributed by atoms with Gasteiger partial charge in [-0.1, -0.05) is 36.4 Å². The number of aliphatic hydroxyl groups is 1. The number of ether oxygens (including phenoxy) is 4. The summed E-state index contributed by atoms with van der Waals surface area (Å²) in [5.41, 5.74) is 1.11. The molecule has 146 valence electrons. The molecule has 1 fully saturated rings. The van der Waals surface area contributed by atoms with Crippen LogP contribution in [0.5, 0.6) is 11.5 Å². The lowest BCUT2D eigenvalue weighted by Crippen LogP contribution is -2.32. The molecule has 2 heterocycles. The molecule has 0 aliphatic carbocycles.